The minimum Gasteiger partial charge on any atom is -0.372 e. The maximum Gasteiger partial charge on any atom is 0.257 e. The van der Waals surface area contributed by atoms with Crippen LogP contribution < -0.4 is 15.5 Å². The summed E-state index contributed by atoms with van der Waals surface area (Å²) in [7, 11) is 0. The molecule has 1 aliphatic heterocycles. The van der Waals surface area contributed by atoms with Crippen LogP contribution in [0, 0.1) is 6.92 Å². The Labute approximate surface area is 165 Å². The third kappa shape index (κ3) is 4.14. The highest BCUT2D eigenvalue weighted by molar-refractivity contribution is 6.05. The van der Waals surface area contributed by atoms with Crippen molar-refractivity contribution in [3.8, 4) is 0 Å². The first-order valence-corrected chi connectivity index (χ1v) is 9.63. The van der Waals surface area contributed by atoms with E-state index in [0.717, 1.165) is 35.7 Å². The molecule has 1 aliphatic rings. The fourth-order valence-electron chi connectivity index (χ4n) is 3.44. The molecule has 2 heterocycles. The zero-order chi connectivity index (χ0) is 19.3. The molecule has 4 rings (SSSR count). The third-order valence-electron chi connectivity index (χ3n) is 5.02. The van der Waals surface area contributed by atoms with Gasteiger partial charge < -0.3 is 15.5 Å². The number of benzene rings is 2. The molecule has 28 heavy (non-hydrogen) atoms. The summed E-state index contributed by atoms with van der Waals surface area (Å²) in [5.74, 6) is -0.171. The molecule has 0 radical (unpaired) electrons. The first kappa shape index (κ1) is 18.0. The molecular weight excluding hydrogens is 348 g/mol. The number of anilines is 4. The van der Waals surface area contributed by atoms with Crippen LogP contribution in [-0.4, -0.2) is 24.0 Å². The monoisotopic (exact) mass is 372 g/mol. The van der Waals surface area contributed by atoms with Crippen LogP contribution in [0.4, 0.5) is 22.7 Å². The van der Waals surface area contributed by atoms with Gasteiger partial charge in [0.25, 0.3) is 5.91 Å². The van der Waals surface area contributed by atoms with Crippen molar-refractivity contribution in [1.29, 1.82) is 0 Å². The van der Waals surface area contributed by atoms with Crippen molar-refractivity contribution in [3.63, 3.8) is 0 Å². The molecule has 2 N–H and O–H groups in total. The number of carbonyl (C=O) groups is 1. The Kier molecular flexibility index (Phi) is 5.24. The minimum atomic E-state index is -0.171. The molecule has 1 amide bonds. The summed E-state index contributed by atoms with van der Waals surface area (Å²) in [4.78, 5) is 19.2. The first-order chi connectivity index (χ1) is 13.7. The maximum absolute atomic E-state index is 12.6. The molecule has 3 aromatic rings. The van der Waals surface area contributed by atoms with Crippen molar-refractivity contribution in [2.24, 2.45) is 0 Å². The van der Waals surface area contributed by atoms with Crippen LogP contribution in [0.3, 0.4) is 0 Å². The number of aryl methyl sites for hydroxylation is 1. The minimum absolute atomic E-state index is 0.171. The van der Waals surface area contributed by atoms with Crippen LogP contribution in [0.15, 0.2) is 67.0 Å². The van der Waals surface area contributed by atoms with Gasteiger partial charge in [-0.05, 0) is 61.7 Å². The third-order valence-corrected chi connectivity index (χ3v) is 5.02. The lowest BCUT2D eigenvalue weighted by Crippen LogP contribution is -2.17. The molecule has 1 fully saturated rings. The van der Waals surface area contributed by atoms with E-state index in [1.165, 1.54) is 18.5 Å². The number of carbonyl (C=O) groups excluding carboxylic acids is 1. The number of hydrogen-bond acceptors (Lipinski definition) is 4. The Balaban J connectivity index is 1.44. The summed E-state index contributed by atoms with van der Waals surface area (Å²) >= 11 is 0. The van der Waals surface area contributed by atoms with Crippen LogP contribution >= 0.6 is 0 Å². The number of hydrogen-bond donors (Lipinski definition) is 2. The van der Waals surface area contributed by atoms with Crippen LogP contribution in [0.2, 0.25) is 0 Å². The number of aromatic nitrogens is 1. The Morgan fingerprint density at radius 3 is 2.46 bits per heavy atom. The molecule has 142 valence electrons. The molecule has 0 unspecified atom stereocenters. The Hall–Kier alpha value is -3.34. The van der Waals surface area contributed by atoms with E-state index in [2.05, 4.69) is 44.8 Å². The fourth-order valence-corrected chi connectivity index (χ4v) is 3.44. The normalized spacial score (nSPS) is 13.4. The van der Waals surface area contributed by atoms with Crippen LogP contribution in [0.1, 0.15) is 28.8 Å². The maximum atomic E-state index is 12.6. The molecule has 5 heteroatoms. The first-order valence-electron chi connectivity index (χ1n) is 9.63. The highest BCUT2D eigenvalue weighted by atomic mass is 16.1. The quantitative estimate of drug-likeness (QED) is 0.663. The van der Waals surface area contributed by atoms with Crippen LogP contribution in [-0.2, 0) is 0 Å². The summed E-state index contributed by atoms with van der Waals surface area (Å²) in [6, 6.07) is 17.9. The zero-order valence-electron chi connectivity index (χ0n) is 16.0. The van der Waals surface area contributed by atoms with Crippen molar-refractivity contribution in [2.75, 3.05) is 28.6 Å². The van der Waals surface area contributed by atoms with E-state index >= 15 is 0 Å². The summed E-state index contributed by atoms with van der Waals surface area (Å²) in [6.45, 7) is 4.24. The fraction of sp³-hybridized carbons (Fsp3) is 0.217. The van der Waals surface area contributed by atoms with Gasteiger partial charge in [-0.1, -0.05) is 18.2 Å². The van der Waals surface area contributed by atoms with Crippen LogP contribution in [0.5, 0.6) is 0 Å². The summed E-state index contributed by atoms with van der Waals surface area (Å²) in [5, 5.41) is 6.28. The molecule has 1 saturated heterocycles. The highest BCUT2D eigenvalue weighted by Crippen LogP contribution is 2.24. The van der Waals surface area contributed by atoms with Crippen molar-refractivity contribution in [3.05, 3.63) is 78.1 Å². The van der Waals surface area contributed by atoms with E-state index in [1.54, 1.807) is 12.4 Å². The predicted molar refractivity (Wildman–Crippen MR) is 115 cm³/mol. The van der Waals surface area contributed by atoms with Gasteiger partial charge in [-0.25, -0.2) is 0 Å². The van der Waals surface area contributed by atoms with E-state index in [9.17, 15) is 4.79 Å². The van der Waals surface area contributed by atoms with Crippen molar-refractivity contribution in [2.45, 2.75) is 19.8 Å². The van der Waals surface area contributed by atoms with Gasteiger partial charge in [0.05, 0.1) is 17.4 Å². The molecule has 0 bridgehead atoms. The van der Waals surface area contributed by atoms with Crippen molar-refractivity contribution in [1.82, 2.24) is 4.98 Å². The molecule has 0 saturated carbocycles. The number of nitrogens with zero attached hydrogens (tertiary/aromatic N) is 2. The van der Waals surface area contributed by atoms with Crippen molar-refractivity contribution >= 4 is 28.7 Å². The number of nitrogens with one attached hydrogen (secondary N) is 2. The average Bonchev–Trinajstić information content (AvgIpc) is 3.25. The molecule has 1 aromatic heterocycles. The lowest BCUT2D eigenvalue weighted by molar-refractivity contribution is 0.102. The summed E-state index contributed by atoms with van der Waals surface area (Å²) in [6.07, 6.45) is 5.83. The Morgan fingerprint density at radius 1 is 0.964 bits per heavy atom. The number of para-hydroxylation sites is 1. The molecule has 0 spiro atoms. The lowest BCUT2D eigenvalue weighted by atomic mass is 10.2. The van der Waals surface area contributed by atoms with Crippen molar-refractivity contribution < 1.29 is 4.79 Å². The van der Waals surface area contributed by atoms with Crippen LogP contribution in [0.25, 0.3) is 0 Å². The predicted octanol–water partition coefficient (Wildman–Crippen LogP) is 4.99. The lowest BCUT2D eigenvalue weighted by Gasteiger charge is -2.18. The Bertz CT molecular complexity index is 962. The standard InChI is InChI=1S/C23H24N4O/c1-17-6-2-3-7-22(17)26-23(28)18-14-20(16-24-15-18)25-19-8-10-21(11-9-19)27-12-4-5-13-27/h2-3,6-11,14-16,25H,4-5,12-13H2,1H3,(H,26,28). The van der Waals surface area contributed by atoms with Gasteiger partial charge >= 0.3 is 0 Å². The second-order valence-electron chi connectivity index (χ2n) is 7.10. The number of rotatable bonds is 5. The topological polar surface area (TPSA) is 57.3 Å². The summed E-state index contributed by atoms with van der Waals surface area (Å²) in [5.41, 5.74) is 5.36. The van der Waals surface area contributed by atoms with Gasteiger partial charge in [0.15, 0.2) is 0 Å². The van der Waals surface area contributed by atoms with E-state index in [4.69, 9.17) is 0 Å². The molecule has 0 aliphatic carbocycles. The number of pyridine rings is 1. The van der Waals surface area contributed by atoms with E-state index in [1.807, 2.05) is 37.3 Å². The highest BCUT2D eigenvalue weighted by Gasteiger charge is 2.12. The van der Waals surface area contributed by atoms with E-state index in [0.29, 0.717) is 5.56 Å². The molecular formula is C23H24N4O. The molecule has 2 aromatic carbocycles. The zero-order valence-corrected chi connectivity index (χ0v) is 16.0. The van der Waals surface area contributed by atoms with E-state index in [-0.39, 0.29) is 5.91 Å². The van der Waals surface area contributed by atoms with Gasteiger partial charge in [-0.3, -0.25) is 9.78 Å². The SMILES string of the molecule is Cc1ccccc1NC(=O)c1cncc(Nc2ccc(N3CCCC3)cc2)c1. The van der Waals surface area contributed by atoms with Gasteiger partial charge in [0.1, 0.15) is 0 Å². The van der Waals surface area contributed by atoms with Gasteiger partial charge in [0, 0.05) is 36.3 Å². The largest absolute Gasteiger partial charge is 0.372 e. The van der Waals surface area contributed by atoms with Gasteiger partial charge in [-0.15, -0.1) is 0 Å². The molecule has 5 nitrogen and oxygen atoms in total. The second-order valence-corrected chi connectivity index (χ2v) is 7.10. The smallest absolute Gasteiger partial charge is 0.257 e. The van der Waals surface area contributed by atoms with Gasteiger partial charge in [-0.2, -0.15) is 0 Å². The average molecular weight is 372 g/mol. The Morgan fingerprint density at radius 2 is 1.71 bits per heavy atom. The number of amides is 1. The molecule has 0 atom stereocenters. The van der Waals surface area contributed by atoms with E-state index < -0.39 is 0 Å². The van der Waals surface area contributed by atoms with Gasteiger partial charge in [0.2, 0.25) is 0 Å². The summed E-state index contributed by atoms with van der Waals surface area (Å²) < 4.78 is 0. The second kappa shape index (κ2) is 8.13.